The molecule has 4 nitrogen and oxygen atoms in total. The average molecular weight is 314 g/mol. The Kier molecular flexibility index (Phi) is 14.4. The van der Waals surface area contributed by atoms with Crippen LogP contribution in [0.2, 0.25) is 0 Å². The van der Waals surface area contributed by atoms with Gasteiger partial charge in [0, 0.05) is 6.42 Å². The fourth-order valence-corrected chi connectivity index (χ4v) is 2.43. The van der Waals surface area contributed by atoms with E-state index in [1.165, 1.54) is 38.5 Å². The van der Waals surface area contributed by atoms with E-state index in [1.807, 2.05) is 6.92 Å². The summed E-state index contributed by atoms with van der Waals surface area (Å²) in [6, 6.07) is 0. The monoisotopic (exact) mass is 314 g/mol. The SMILES string of the molecule is CCCCCCCCCCCC(=O)OC(=O)CC(O)CCC. The highest BCUT2D eigenvalue weighted by atomic mass is 16.6. The number of carbonyl (C=O) groups is 2. The minimum absolute atomic E-state index is 0.0860. The molecular formula is C18H34O4. The van der Waals surface area contributed by atoms with E-state index in [4.69, 9.17) is 4.74 Å². The molecule has 0 aromatic heterocycles. The van der Waals surface area contributed by atoms with Crippen LogP contribution >= 0.6 is 0 Å². The van der Waals surface area contributed by atoms with Crippen LogP contribution in [0.1, 0.15) is 97.3 Å². The Balaban J connectivity index is 3.44. The summed E-state index contributed by atoms with van der Waals surface area (Å²) in [4.78, 5) is 22.9. The molecule has 0 spiro atoms. The fraction of sp³-hybridized carbons (Fsp3) is 0.889. The minimum Gasteiger partial charge on any atom is -0.393 e. The maximum atomic E-state index is 11.5. The van der Waals surface area contributed by atoms with Gasteiger partial charge in [0.15, 0.2) is 0 Å². The third-order valence-corrected chi connectivity index (χ3v) is 3.74. The van der Waals surface area contributed by atoms with Crippen LogP contribution in [0.25, 0.3) is 0 Å². The quantitative estimate of drug-likeness (QED) is 0.291. The maximum absolute atomic E-state index is 11.5. The summed E-state index contributed by atoms with van der Waals surface area (Å²) < 4.78 is 4.70. The van der Waals surface area contributed by atoms with Crippen LogP contribution in [0.5, 0.6) is 0 Å². The molecule has 130 valence electrons. The van der Waals surface area contributed by atoms with Gasteiger partial charge < -0.3 is 9.84 Å². The highest BCUT2D eigenvalue weighted by molar-refractivity contribution is 5.85. The first-order chi connectivity index (χ1) is 10.6. The molecule has 0 saturated carbocycles. The molecule has 0 heterocycles. The van der Waals surface area contributed by atoms with E-state index in [9.17, 15) is 14.7 Å². The molecule has 1 N–H and O–H groups in total. The number of esters is 2. The zero-order chi connectivity index (χ0) is 16.6. The zero-order valence-corrected chi connectivity index (χ0v) is 14.4. The lowest BCUT2D eigenvalue weighted by atomic mass is 10.1. The third-order valence-electron chi connectivity index (χ3n) is 3.74. The Morgan fingerprint density at radius 3 is 1.91 bits per heavy atom. The molecule has 0 rings (SSSR count). The van der Waals surface area contributed by atoms with Gasteiger partial charge in [-0.05, 0) is 12.8 Å². The van der Waals surface area contributed by atoms with E-state index in [1.54, 1.807) is 0 Å². The molecule has 0 aromatic carbocycles. The lowest BCUT2D eigenvalue weighted by Crippen LogP contribution is -2.18. The van der Waals surface area contributed by atoms with Gasteiger partial charge in [0.25, 0.3) is 0 Å². The number of ether oxygens (including phenoxy) is 1. The van der Waals surface area contributed by atoms with Crippen molar-refractivity contribution < 1.29 is 19.4 Å². The Hall–Kier alpha value is -0.900. The first-order valence-corrected chi connectivity index (χ1v) is 9.01. The Labute approximate surface area is 135 Å². The summed E-state index contributed by atoms with van der Waals surface area (Å²) in [5.41, 5.74) is 0. The molecule has 0 bridgehead atoms. The Morgan fingerprint density at radius 2 is 1.36 bits per heavy atom. The number of aliphatic hydroxyl groups excluding tert-OH is 1. The van der Waals surface area contributed by atoms with E-state index in [0.717, 1.165) is 25.7 Å². The third kappa shape index (κ3) is 14.1. The van der Waals surface area contributed by atoms with Crippen molar-refractivity contribution >= 4 is 11.9 Å². The second-order valence-electron chi connectivity index (χ2n) is 6.07. The molecule has 1 unspecified atom stereocenters. The first kappa shape index (κ1) is 21.1. The van der Waals surface area contributed by atoms with Crippen molar-refractivity contribution in [2.45, 2.75) is 103 Å². The molecule has 0 aliphatic rings. The van der Waals surface area contributed by atoms with Crippen LogP contribution in [-0.2, 0) is 14.3 Å². The highest BCUT2D eigenvalue weighted by Crippen LogP contribution is 2.11. The second kappa shape index (κ2) is 15.0. The van der Waals surface area contributed by atoms with Crippen molar-refractivity contribution in [3.05, 3.63) is 0 Å². The second-order valence-corrected chi connectivity index (χ2v) is 6.07. The van der Waals surface area contributed by atoms with Gasteiger partial charge in [-0.2, -0.15) is 0 Å². The number of hydrogen-bond acceptors (Lipinski definition) is 4. The predicted octanol–water partition coefficient (Wildman–Crippen LogP) is 4.53. The van der Waals surface area contributed by atoms with Crippen molar-refractivity contribution in [1.29, 1.82) is 0 Å². The smallest absolute Gasteiger partial charge is 0.316 e. The number of aliphatic hydroxyl groups is 1. The summed E-state index contributed by atoms with van der Waals surface area (Å²) in [6.07, 6.45) is 11.5. The highest BCUT2D eigenvalue weighted by Gasteiger charge is 2.14. The van der Waals surface area contributed by atoms with Gasteiger partial charge >= 0.3 is 11.9 Å². The topological polar surface area (TPSA) is 63.6 Å². The van der Waals surface area contributed by atoms with Crippen LogP contribution < -0.4 is 0 Å². The Morgan fingerprint density at radius 1 is 0.818 bits per heavy atom. The van der Waals surface area contributed by atoms with E-state index in [2.05, 4.69) is 6.92 Å². The molecule has 0 amide bonds. The predicted molar refractivity (Wildman–Crippen MR) is 88.5 cm³/mol. The molecule has 0 aromatic rings. The summed E-state index contributed by atoms with van der Waals surface area (Å²) in [5.74, 6) is -1.07. The van der Waals surface area contributed by atoms with Gasteiger partial charge in [0.1, 0.15) is 0 Å². The van der Waals surface area contributed by atoms with Crippen molar-refractivity contribution in [2.24, 2.45) is 0 Å². The Bertz CT molecular complexity index is 289. The lowest BCUT2D eigenvalue weighted by Gasteiger charge is -2.08. The zero-order valence-electron chi connectivity index (χ0n) is 14.4. The molecule has 0 aliphatic carbocycles. The van der Waals surface area contributed by atoms with Gasteiger partial charge in [-0.15, -0.1) is 0 Å². The number of hydrogen-bond donors (Lipinski definition) is 1. The summed E-state index contributed by atoms with van der Waals surface area (Å²) in [5, 5.41) is 9.47. The fourth-order valence-electron chi connectivity index (χ4n) is 2.43. The summed E-state index contributed by atoms with van der Waals surface area (Å²) in [6.45, 7) is 4.15. The minimum atomic E-state index is -0.696. The van der Waals surface area contributed by atoms with Crippen LogP contribution in [0.15, 0.2) is 0 Å². The van der Waals surface area contributed by atoms with Crippen LogP contribution in [0, 0.1) is 0 Å². The molecule has 0 radical (unpaired) electrons. The van der Waals surface area contributed by atoms with Gasteiger partial charge in [0.05, 0.1) is 12.5 Å². The van der Waals surface area contributed by atoms with Gasteiger partial charge in [-0.3, -0.25) is 9.59 Å². The average Bonchev–Trinajstić information content (AvgIpc) is 2.45. The molecule has 22 heavy (non-hydrogen) atoms. The number of unbranched alkanes of at least 4 members (excludes halogenated alkanes) is 8. The molecule has 0 fully saturated rings. The van der Waals surface area contributed by atoms with E-state index in [-0.39, 0.29) is 6.42 Å². The summed E-state index contributed by atoms with van der Waals surface area (Å²) in [7, 11) is 0. The molecule has 0 saturated heterocycles. The van der Waals surface area contributed by atoms with Crippen molar-refractivity contribution in [2.75, 3.05) is 0 Å². The largest absolute Gasteiger partial charge is 0.393 e. The van der Waals surface area contributed by atoms with E-state index in [0.29, 0.717) is 12.8 Å². The summed E-state index contributed by atoms with van der Waals surface area (Å²) >= 11 is 0. The van der Waals surface area contributed by atoms with E-state index < -0.39 is 18.0 Å². The van der Waals surface area contributed by atoms with E-state index >= 15 is 0 Å². The van der Waals surface area contributed by atoms with Crippen LogP contribution in [0.4, 0.5) is 0 Å². The normalized spacial score (nSPS) is 12.1. The van der Waals surface area contributed by atoms with Gasteiger partial charge in [0.2, 0.25) is 0 Å². The molecule has 0 aliphatic heterocycles. The molecule has 4 heteroatoms. The van der Waals surface area contributed by atoms with Gasteiger partial charge in [-0.1, -0.05) is 71.6 Å². The standard InChI is InChI=1S/C18H34O4/c1-3-5-6-7-8-9-10-11-12-14-17(20)22-18(21)15-16(19)13-4-2/h16,19H,3-15H2,1-2H3. The molecule has 1 atom stereocenters. The van der Waals surface area contributed by atoms with Crippen LogP contribution in [-0.4, -0.2) is 23.1 Å². The van der Waals surface area contributed by atoms with Crippen molar-refractivity contribution in [1.82, 2.24) is 0 Å². The van der Waals surface area contributed by atoms with Crippen LogP contribution in [0.3, 0.4) is 0 Å². The molecular weight excluding hydrogens is 280 g/mol. The number of rotatable bonds is 14. The van der Waals surface area contributed by atoms with Gasteiger partial charge in [-0.25, -0.2) is 0 Å². The van der Waals surface area contributed by atoms with Crippen molar-refractivity contribution in [3.8, 4) is 0 Å². The van der Waals surface area contributed by atoms with Crippen molar-refractivity contribution in [3.63, 3.8) is 0 Å². The number of carbonyl (C=O) groups excluding carboxylic acids is 2. The maximum Gasteiger partial charge on any atom is 0.316 e. The first-order valence-electron chi connectivity index (χ1n) is 9.01. The lowest BCUT2D eigenvalue weighted by molar-refractivity contribution is -0.161.